The van der Waals surface area contributed by atoms with Gasteiger partial charge in [-0.1, -0.05) is 5.92 Å². The fourth-order valence-corrected chi connectivity index (χ4v) is 1.13. The molecule has 0 amide bonds. The number of hydrogen-bond donors (Lipinski definition) is 1. The molecule has 1 aliphatic carbocycles. The standard InChI is InChI=1S/C9H13NO/c1-3-4-5-8(11)9(10-2)6-7-9/h10H,5-7H2,1-2H3. The Balaban J connectivity index is 2.45. The molecule has 0 unspecified atom stereocenters. The molecule has 0 aromatic carbocycles. The molecule has 0 aliphatic heterocycles. The van der Waals surface area contributed by atoms with Crippen molar-refractivity contribution >= 4 is 5.78 Å². The summed E-state index contributed by atoms with van der Waals surface area (Å²) < 4.78 is 0. The van der Waals surface area contributed by atoms with E-state index in [1.54, 1.807) is 6.92 Å². The summed E-state index contributed by atoms with van der Waals surface area (Å²) in [6.07, 6.45) is 2.36. The number of rotatable bonds is 3. The average Bonchev–Trinajstić information content (AvgIpc) is 2.80. The molecular weight excluding hydrogens is 138 g/mol. The van der Waals surface area contributed by atoms with Gasteiger partial charge in [-0.15, -0.1) is 5.92 Å². The molecule has 0 radical (unpaired) electrons. The molecule has 1 N–H and O–H groups in total. The van der Waals surface area contributed by atoms with Crippen LogP contribution in [0, 0.1) is 11.8 Å². The highest BCUT2D eigenvalue weighted by Gasteiger charge is 2.47. The van der Waals surface area contributed by atoms with E-state index in [0.717, 1.165) is 12.8 Å². The molecule has 60 valence electrons. The molecule has 0 aromatic heterocycles. The minimum Gasteiger partial charge on any atom is -0.308 e. The van der Waals surface area contributed by atoms with Gasteiger partial charge in [0.1, 0.15) is 0 Å². The van der Waals surface area contributed by atoms with Crippen molar-refractivity contribution in [3.8, 4) is 11.8 Å². The van der Waals surface area contributed by atoms with E-state index in [9.17, 15) is 4.79 Å². The van der Waals surface area contributed by atoms with Crippen LogP contribution in [-0.4, -0.2) is 18.4 Å². The van der Waals surface area contributed by atoms with Gasteiger partial charge in [-0.05, 0) is 26.8 Å². The van der Waals surface area contributed by atoms with Crippen LogP contribution in [0.3, 0.4) is 0 Å². The third-order valence-electron chi connectivity index (χ3n) is 2.19. The van der Waals surface area contributed by atoms with E-state index in [2.05, 4.69) is 17.2 Å². The van der Waals surface area contributed by atoms with Crippen molar-refractivity contribution in [2.75, 3.05) is 7.05 Å². The second kappa shape index (κ2) is 3.06. The van der Waals surface area contributed by atoms with Gasteiger partial charge < -0.3 is 5.32 Å². The Labute approximate surface area is 67.4 Å². The summed E-state index contributed by atoms with van der Waals surface area (Å²) in [6.45, 7) is 1.76. The Morgan fingerprint density at radius 1 is 1.64 bits per heavy atom. The van der Waals surface area contributed by atoms with Crippen LogP contribution < -0.4 is 5.32 Å². The van der Waals surface area contributed by atoms with E-state index in [1.807, 2.05) is 7.05 Å². The topological polar surface area (TPSA) is 29.1 Å². The predicted molar refractivity (Wildman–Crippen MR) is 44.1 cm³/mol. The molecule has 1 aliphatic rings. The van der Waals surface area contributed by atoms with Crippen molar-refractivity contribution in [2.24, 2.45) is 0 Å². The summed E-state index contributed by atoms with van der Waals surface area (Å²) in [7, 11) is 1.84. The minimum absolute atomic E-state index is 0.191. The zero-order valence-electron chi connectivity index (χ0n) is 7.03. The first kappa shape index (κ1) is 8.29. The van der Waals surface area contributed by atoms with Gasteiger partial charge >= 0.3 is 0 Å². The van der Waals surface area contributed by atoms with Gasteiger partial charge in [-0.25, -0.2) is 0 Å². The predicted octanol–water partition coefficient (Wildman–Crippen LogP) is 0.721. The van der Waals surface area contributed by atoms with E-state index in [1.165, 1.54) is 0 Å². The molecule has 2 heteroatoms. The van der Waals surface area contributed by atoms with Gasteiger partial charge in [0.15, 0.2) is 5.78 Å². The van der Waals surface area contributed by atoms with Gasteiger partial charge in [0.2, 0.25) is 0 Å². The number of likely N-dealkylation sites (N-methyl/N-ethyl adjacent to an activating group) is 1. The first-order valence-electron chi connectivity index (χ1n) is 3.87. The molecule has 0 heterocycles. The van der Waals surface area contributed by atoms with Gasteiger partial charge in [0, 0.05) is 0 Å². The Morgan fingerprint density at radius 3 is 2.64 bits per heavy atom. The highest BCUT2D eigenvalue weighted by molar-refractivity contribution is 5.92. The summed E-state index contributed by atoms with van der Waals surface area (Å²) in [5.41, 5.74) is -0.191. The summed E-state index contributed by atoms with van der Waals surface area (Å²) in [5.74, 6) is 5.76. The molecule has 0 saturated heterocycles. The van der Waals surface area contributed by atoms with Crippen molar-refractivity contribution in [3.63, 3.8) is 0 Å². The highest BCUT2D eigenvalue weighted by Crippen LogP contribution is 2.36. The molecule has 1 rings (SSSR count). The van der Waals surface area contributed by atoms with Crippen LogP contribution in [-0.2, 0) is 4.79 Å². The third kappa shape index (κ3) is 1.61. The van der Waals surface area contributed by atoms with Crippen LogP contribution in [0.5, 0.6) is 0 Å². The Hall–Kier alpha value is -0.810. The zero-order valence-corrected chi connectivity index (χ0v) is 7.03. The Morgan fingerprint density at radius 2 is 2.27 bits per heavy atom. The molecule has 1 saturated carbocycles. The largest absolute Gasteiger partial charge is 0.308 e. The summed E-state index contributed by atoms with van der Waals surface area (Å²) in [4.78, 5) is 11.4. The second-order valence-electron chi connectivity index (χ2n) is 2.86. The summed E-state index contributed by atoms with van der Waals surface area (Å²) >= 11 is 0. The van der Waals surface area contributed by atoms with Crippen LogP contribution >= 0.6 is 0 Å². The van der Waals surface area contributed by atoms with Gasteiger partial charge in [0.25, 0.3) is 0 Å². The summed E-state index contributed by atoms with van der Waals surface area (Å²) in [5, 5.41) is 3.04. The molecule has 1 fully saturated rings. The number of nitrogens with one attached hydrogen (secondary N) is 1. The number of hydrogen-bond acceptors (Lipinski definition) is 2. The van der Waals surface area contributed by atoms with Crippen molar-refractivity contribution in [3.05, 3.63) is 0 Å². The minimum atomic E-state index is -0.191. The zero-order chi connectivity index (χ0) is 8.32. The molecule has 0 bridgehead atoms. The monoisotopic (exact) mass is 151 g/mol. The molecular formula is C9H13NO. The molecule has 2 nitrogen and oxygen atoms in total. The van der Waals surface area contributed by atoms with E-state index in [-0.39, 0.29) is 11.3 Å². The molecule has 11 heavy (non-hydrogen) atoms. The Bertz CT molecular complexity index is 217. The molecule has 0 atom stereocenters. The number of Topliss-reactive ketones (excluding diaryl/α,β-unsaturated/α-hetero) is 1. The maximum absolute atomic E-state index is 11.4. The number of carbonyl (C=O) groups excluding carboxylic acids is 1. The van der Waals surface area contributed by atoms with Gasteiger partial charge in [0.05, 0.1) is 12.0 Å². The van der Waals surface area contributed by atoms with E-state index in [0.29, 0.717) is 6.42 Å². The lowest BCUT2D eigenvalue weighted by Crippen LogP contribution is -2.36. The van der Waals surface area contributed by atoms with Crippen molar-refractivity contribution < 1.29 is 4.79 Å². The highest BCUT2D eigenvalue weighted by atomic mass is 16.1. The van der Waals surface area contributed by atoms with Crippen LogP contribution in [0.4, 0.5) is 0 Å². The lowest BCUT2D eigenvalue weighted by molar-refractivity contribution is -0.120. The third-order valence-corrected chi connectivity index (χ3v) is 2.19. The smallest absolute Gasteiger partial charge is 0.164 e. The van der Waals surface area contributed by atoms with E-state index in [4.69, 9.17) is 0 Å². The van der Waals surface area contributed by atoms with Crippen LogP contribution in [0.2, 0.25) is 0 Å². The average molecular weight is 151 g/mol. The quantitative estimate of drug-likeness (QED) is 0.602. The SMILES string of the molecule is CC#CCC(=O)C1(NC)CC1. The van der Waals surface area contributed by atoms with E-state index < -0.39 is 0 Å². The normalized spacial score (nSPS) is 18.4. The van der Waals surface area contributed by atoms with Crippen LogP contribution in [0.15, 0.2) is 0 Å². The molecule has 0 spiro atoms. The first-order chi connectivity index (χ1) is 5.25. The second-order valence-corrected chi connectivity index (χ2v) is 2.86. The summed E-state index contributed by atoms with van der Waals surface area (Å²) in [6, 6.07) is 0. The lowest BCUT2D eigenvalue weighted by Gasteiger charge is -2.09. The van der Waals surface area contributed by atoms with Crippen molar-refractivity contribution in [1.29, 1.82) is 0 Å². The maximum atomic E-state index is 11.4. The fraction of sp³-hybridized carbons (Fsp3) is 0.667. The molecule has 0 aromatic rings. The number of carbonyl (C=O) groups is 1. The number of ketones is 1. The first-order valence-corrected chi connectivity index (χ1v) is 3.87. The van der Waals surface area contributed by atoms with Crippen LogP contribution in [0.1, 0.15) is 26.2 Å². The Kier molecular flexibility index (Phi) is 2.31. The van der Waals surface area contributed by atoms with Crippen molar-refractivity contribution in [1.82, 2.24) is 5.32 Å². The lowest BCUT2D eigenvalue weighted by atomic mass is 10.1. The van der Waals surface area contributed by atoms with Gasteiger partial charge in [-0.2, -0.15) is 0 Å². The van der Waals surface area contributed by atoms with Gasteiger partial charge in [-0.3, -0.25) is 4.79 Å². The van der Waals surface area contributed by atoms with Crippen molar-refractivity contribution in [2.45, 2.75) is 31.7 Å². The van der Waals surface area contributed by atoms with E-state index >= 15 is 0 Å². The maximum Gasteiger partial charge on any atom is 0.164 e. The van der Waals surface area contributed by atoms with Crippen LogP contribution in [0.25, 0.3) is 0 Å². The fourth-order valence-electron chi connectivity index (χ4n) is 1.13.